The van der Waals surface area contributed by atoms with Crippen molar-refractivity contribution in [2.75, 3.05) is 13.2 Å². The molecule has 0 unspecified atom stereocenters. The van der Waals surface area contributed by atoms with Crippen molar-refractivity contribution >= 4 is 5.91 Å². The average Bonchev–Trinajstić information content (AvgIpc) is 2.82. The smallest absolute Gasteiger partial charge is 0.251 e. The van der Waals surface area contributed by atoms with Gasteiger partial charge in [-0.05, 0) is 49.2 Å². The van der Waals surface area contributed by atoms with Gasteiger partial charge in [-0.3, -0.25) is 9.78 Å². The van der Waals surface area contributed by atoms with Crippen molar-refractivity contribution in [3.05, 3.63) is 89.2 Å². The lowest BCUT2D eigenvalue weighted by atomic mass is 10.1. The SMILES string of the molecule is CCOCc1ccc(CNC(=O)c2ccc(OCc3cccnc3)c(OCC)c2)cc1. The third kappa shape index (κ3) is 6.83. The van der Waals surface area contributed by atoms with Crippen LogP contribution in [-0.2, 0) is 24.5 Å². The molecule has 3 rings (SSSR count). The zero-order valence-corrected chi connectivity index (χ0v) is 18.0. The molecule has 0 aliphatic carbocycles. The molecule has 0 aliphatic rings. The van der Waals surface area contributed by atoms with E-state index in [9.17, 15) is 4.79 Å². The molecule has 6 nitrogen and oxygen atoms in total. The van der Waals surface area contributed by atoms with Crippen LogP contribution in [0.25, 0.3) is 0 Å². The molecule has 3 aromatic rings. The van der Waals surface area contributed by atoms with E-state index < -0.39 is 0 Å². The predicted octanol–water partition coefficient (Wildman–Crippen LogP) is 4.53. The maximum absolute atomic E-state index is 12.6. The first-order chi connectivity index (χ1) is 15.2. The van der Waals surface area contributed by atoms with E-state index >= 15 is 0 Å². The summed E-state index contributed by atoms with van der Waals surface area (Å²) in [5, 5.41) is 2.95. The lowest BCUT2D eigenvalue weighted by Gasteiger charge is -2.13. The second-order valence-corrected chi connectivity index (χ2v) is 6.88. The monoisotopic (exact) mass is 420 g/mol. The number of amides is 1. The molecule has 0 saturated carbocycles. The molecule has 0 saturated heterocycles. The molecular weight excluding hydrogens is 392 g/mol. The molecule has 1 aromatic heterocycles. The minimum Gasteiger partial charge on any atom is -0.490 e. The van der Waals surface area contributed by atoms with Gasteiger partial charge < -0.3 is 19.5 Å². The highest BCUT2D eigenvalue weighted by Gasteiger charge is 2.12. The van der Waals surface area contributed by atoms with Crippen LogP contribution in [0, 0.1) is 0 Å². The Morgan fingerprint density at radius 3 is 2.39 bits per heavy atom. The van der Waals surface area contributed by atoms with Crippen molar-refractivity contribution < 1.29 is 19.0 Å². The van der Waals surface area contributed by atoms with Crippen LogP contribution >= 0.6 is 0 Å². The third-order valence-electron chi connectivity index (χ3n) is 4.57. The Bertz CT molecular complexity index is 959. The van der Waals surface area contributed by atoms with Crippen molar-refractivity contribution in [2.45, 2.75) is 33.6 Å². The minimum absolute atomic E-state index is 0.168. The molecule has 0 atom stereocenters. The van der Waals surface area contributed by atoms with E-state index in [1.54, 1.807) is 30.6 Å². The van der Waals surface area contributed by atoms with Crippen molar-refractivity contribution in [3.63, 3.8) is 0 Å². The summed E-state index contributed by atoms with van der Waals surface area (Å²) in [5.74, 6) is 0.963. The van der Waals surface area contributed by atoms with Crippen LogP contribution in [0.5, 0.6) is 11.5 Å². The quantitative estimate of drug-likeness (QED) is 0.494. The van der Waals surface area contributed by atoms with Gasteiger partial charge in [0.25, 0.3) is 5.91 Å². The Morgan fingerprint density at radius 1 is 0.871 bits per heavy atom. The minimum atomic E-state index is -0.168. The van der Waals surface area contributed by atoms with Gasteiger partial charge in [-0.15, -0.1) is 0 Å². The van der Waals surface area contributed by atoms with Gasteiger partial charge in [0.15, 0.2) is 11.5 Å². The molecule has 1 heterocycles. The van der Waals surface area contributed by atoms with Crippen molar-refractivity contribution in [3.8, 4) is 11.5 Å². The van der Waals surface area contributed by atoms with Gasteiger partial charge in [-0.25, -0.2) is 0 Å². The number of rotatable bonds is 11. The summed E-state index contributed by atoms with van der Waals surface area (Å²) in [5.41, 5.74) is 3.61. The highest BCUT2D eigenvalue weighted by molar-refractivity contribution is 5.94. The van der Waals surface area contributed by atoms with Crippen LogP contribution in [-0.4, -0.2) is 24.1 Å². The summed E-state index contributed by atoms with van der Waals surface area (Å²) < 4.78 is 17.0. The topological polar surface area (TPSA) is 69.7 Å². The lowest BCUT2D eigenvalue weighted by molar-refractivity contribution is 0.0950. The normalized spacial score (nSPS) is 10.5. The number of benzene rings is 2. The van der Waals surface area contributed by atoms with E-state index in [1.165, 1.54) is 0 Å². The molecule has 0 radical (unpaired) electrons. The molecule has 1 N–H and O–H groups in total. The number of nitrogens with zero attached hydrogens (tertiary/aromatic N) is 1. The standard InChI is InChI=1S/C25H28N2O4/c1-3-29-17-20-9-7-19(8-10-20)16-27-25(28)22-11-12-23(24(14-22)30-4-2)31-18-21-6-5-13-26-15-21/h5-15H,3-4,16-18H2,1-2H3,(H,27,28). The fourth-order valence-electron chi connectivity index (χ4n) is 2.94. The fraction of sp³-hybridized carbons (Fsp3) is 0.280. The van der Waals surface area contributed by atoms with Gasteiger partial charge >= 0.3 is 0 Å². The second kappa shape index (κ2) is 11.7. The number of hydrogen-bond donors (Lipinski definition) is 1. The molecule has 0 aliphatic heterocycles. The lowest BCUT2D eigenvalue weighted by Crippen LogP contribution is -2.22. The van der Waals surface area contributed by atoms with Crippen LogP contribution in [0.2, 0.25) is 0 Å². The van der Waals surface area contributed by atoms with E-state index in [4.69, 9.17) is 14.2 Å². The number of carbonyl (C=O) groups is 1. The Morgan fingerprint density at radius 2 is 1.68 bits per heavy atom. The number of hydrogen-bond acceptors (Lipinski definition) is 5. The van der Waals surface area contributed by atoms with Crippen LogP contribution in [0.4, 0.5) is 0 Å². The molecule has 6 heteroatoms. The largest absolute Gasteiger partial charge is 0.490 e. The van der Waals surface area contributed by atoms with E-state index in [-0.39, 0.29) is 5.91 Å². The highest BCUT2D eigenvalue weighted by atomic mass is 16.5. The molecule has 0 spiro atoms. The number of carbonyl (C=O) groups excluding carboxylic acids is 1. The van der Waals surface area contributed by atoms with E-state index in [2.05, 4.69) is 10.3 Å². The summed E-state index contributed by atoms with van der Waals surface area (Å²) in [6, 6.07) is 17.0. The van der Waals surface area contributed by atoms with E-state index in [0.29, 0.717) is 50.0 Å². The van der Waals surface area contributed by atoms with Crippen LogP contribution in [0.1, 0.15) is 40.9 Å². The summed E-state index contributed by atoms with van der Waals surface area (Å²) >= 11 is 0. The zero-order chi connectivity index (χ0) is 21.9. The maximum Gasteiger partial charge on any atom is 0.251 e. The number of pyridine rings is 1. The number of aromatic nitrogens is 1. The molecule has 1 amide bonds. The number of ether oxygens (including phenoxy) is 3. The van der Waals surface area contributed by atoms with Crippen LogP contribution < -0.4 is 14.8 Å². The Kier molecular flexibility index (Phi) is 8.43. The van der Waals surface area contributed by atoms with Gasteiger partial charge in [0, 0.05) is 36.7 Å². The molecule has 162 valence electrons. The second-order valence-electron chi connectivity index (χ2n) is 6.88. The predicted molar refractivity (Wildman–Crippen MR) is 119 cm³/mol. The van der Waals surface area contributed by atoms with Crippen molar-refractivity contribution in [1.29, 1.82) is 0 Å². The summed E-state index contributed by atoms with van der Waals surface area (Å²) in [4.78, 5) is 16.7. The average molecular weight is 421 g/mol. The summed E-state index contributed by atoms with van der Waals surface area (Å²) in [6.45, 7) is 6.44. The van der Waals surface area contributed by atoms with E-state index in [0.717, 1.165) is 16.7 Å². The van der Waals surface area contributed by atoms with Crippen LogP contribution in [0.15, 0.2) is 67.0 Å². The highest BCUT2D eigenvalue weighted by Crippen LogP contribution is 2.29. The van der Waals surface area contributed by atoms with Gasteiger partial charge in [0.1, 0.15) is 6.61 Å². The Balaban J connectivity index is 1.60. The first-order valence-electron chi connectivity index (χ1n) is 10.4. The van der Waals surface area contributed by atoms with Gasteiger partial charge in [-0.1, -0.05) is 30.3 Å². The molecule has 0 fully saturated rings. The first-order valence-corrected chi connectivity index (χ1v) is 10.4. The molecule has 2 aromatic carbocycles. The van der Waals surface area contributed by atoms with Crippen molar-refractivity contribution in [2.24, 2.45) is 0 Å². The Labute approximate surface area is 183 Å². The zero-order valence-electron chi connectivity index (χ0n) is 18.0. The fourth-order valence-corrected chi connectivity index (χ4v) is 2.94. The first kappa shape index (κ1) is 22.3. The van der Waals surface area contributed by atoms with Gasteiger partial charge in [0.05, 0.1) is 13.2 Å². The summed E-state index contributed by atoms with van der Waals surface area (Å²) in [6.07, 6.45) is 3.48. The third-order valence-corrected chi connectivity index (χ3v) is 4.57. The van der Waals surface area contributed by atoms with Crippen molar-refractivity contribution in [1.82, 2.24) is 10.3 Å². The van der Waals surface area contributed by atoms with Crippen LogP contribution in [0.3, 0.4) is 0 Å². The van der Waals surface area contributed by atoms with Gasteiger partial charge in [-0.2, -0.15) is 0 Å². The Hall–Kier alpha value is -3.38. The van der Waals surface area contributed by atoms with Gasteiger partial charge in [0.2, 0.25) is 0 Å². The molecule has 31 heavy (non-hydrogen) atoms. The molecule has 0 bridgehead atoms. The summed E-state index contributed by atoms with van der Waals surface area (Å²) in [7, 11) is 0. The number of nitrogens with one attached hydrogen (secondary N) is 1. The maximum atomic E-state index is 12.6. The van der Waals surface area contributed by atoms with E-state index in [1.807, 2.05) is 50.2 Å². The molecular formula is C25H28N2O4.